The molecule has 0 saturated carbocycles. The van der Waals surface area contributed by atoms with E-state index in [0.717, 1.165) is 0 Å². The molecule has 0 aromatic carbocycles. The van der Waals surface area contributed by atoms with Gasteiger partial charge in [0.15, 0.2) is 5.11 Å². The second-order valence-corrected chi connectivity index (χ2v) is 2.60. The Labute approximate surface area is 64.2 Å². The van der Waals surface area contributed by atoms with Crippen LogP contribution in [0.25, 0.3) is 0 Å². The molecule has 10 heavy (non-hydrogen) atoms. The lowest BCUT2D eigenvalue weighted by Crippen LogP contribution is -2.49. The summed E-state index contributed by atoms with van der Waals surface area (Å²) in [4.78, 5) is 0. The molecule has 3 nitrogen and oxygen atoms in total. The molecule has 0 amide bonds. The van der Waals surface area contributed by atoms with Crippen LogP contribution >= 0.6 is 12.2 Å². The lowest BCUT2D eigenvalue weighted by Gasteiger charge is -2.21. The third-order valence-electron chi connectivity index (χ3n) is 1.52. The van der Waals surface area contributed by atoms with Crippen LogP contribution in [0.3, 0.4) is 0 Å². The summed E-state index contributed by atoms with van der Waals surface area (Å²) in [5.41, 5.74) is 1.19. The largest absolute Gasteiger partial charge is 0.368 e. The van der Waals surface area contributed by atoms with Crippen LogP contribution in [0.4, 0.5) is 0 Å². The van der Waals surface area contributed by atoms with Gasteiger partial charge in [-0.15, -0.1) is 0 Å². The van der Waals surface area contributed by atoms with Gasteiger partial charge < -0.3 is 16.0 Å². The molecule has 2 aliphatic heterocycles. The average molecular weight is 153 g/mol. The molecule has 1 unspecified atom stereocenters. The standard InChI is InChI=1S/C6H7N3S/c10-6-8-3-4-1-2-7-5(4)9-6/h1-3,5,7H,(H2,8,9,10). The minimum absolute atomic E-state index is 0.189. The molecule has 2 rings (SSSR count). The molecule has 52 valence electrons. The number of fused-ring (bicyclic) bond motifs is 1. The lowest BCUT2D eigenvalue weighted by atomic mass is 10.2. The molecule has 4 heteroatoms. The smallest absolute Gasteiger partial charge is 0.172 e. The number of rotatable bonds is 0. The molecule has 1 atom stereocenters. The highest BCUT2D eigenvalue weighted by molar-refractivity contribution is 7.80. The molecule has 0 aromatic heterocycles. The van der Waals surface area contributed by atoms with Crippen molar-refractivity contribution in [2.75, 3.05) is 0 Å². The summed E-state index contributed by atoms with van der Waals surface area (Å²) >= 11 is 4.90. The van der Waals surface area contributed by atoms with Gasteiger partial charge in [-0.2, -0.15) is 0 Å². The summed E-state index contributed by atoms with van der Waals surface area (Å²) in [5, 5.41) is 9.75. The molecule has 0 spiro atoms. The van der Waals surface area contributed by atoms with E-state index in [1.54, 1.807) is 0 Å². The second-order valence-electron chi connectivity index (χ2n) is 2.20. The van der Waals surface area contributed by atoms with E-state index in [4.69, 9.17) is 12.2 Å². The summed E-state index contributed by atoms with van der Waals surface area (Å²) in [6.45, 7) is 0. The third-order valence-corrected chi connectivity index (χ3v) is 1.75. The number of hydrogen-bond donors (Lipinski definition) is 3. The fraction of sp³-hybridized carbons (Fsp3) is 0.167. The van der Waals surface area contributed by atoms with Crippen molar-refractivity contribution in [2.24, 2.45) is 0 Å². The number of hydrogen-bond acceptors (Lipinski definition) is 2. The summed E-state index contributed by atoms with van der Waals surface area (Å²) in [6, 6.07) is 0. The van der Waals surface area contributed by atoms with Gasteiger partial charge in [0.05, 0.1) is 0 Å². The van der Waals surface area contributed by atoms with Gasteiger partial charge in [-0.3, -0.25) is 0 Å². The normalized spacial score (nSPS) is 27.8. The van der Waals surface area contributed by atoms with Gasteiger partial charge in [-0.25, -0.2) is 0 Å². The lowest BCUT2D eigenvalue weighted by molar-refractivity contribution is 0.644. The minimum atomic E-state index is 0.189. The Kier molecular flexibility index (Phi) is 1.14. The van der Waals surface area contributed by atoms with Gasteiger partial charge in [0.1, 0.15) is 6.17 Å². The van der Waals surface area contributed by atoms with Crippen molar-refractivity contribution in [1.29, 1.82) is 0 Å². The quantitative estimate of drug-likeness (QED) is 0.421. The van der Waals surface area contributed by atoms with Crippen molar-refractivity contribution in [3.63, 3.8) is 0 Å². The number of nitrogens with one attached hydrogen (secondary N) is 3. The van der Waals surface area contributed by atoms with Crippen molar-refractivity contribution < 1.29 is 0 Å². The summed E-state index contributed by atoms with van der Waals surface area (Å²) in [6.07, 6.45) is 6.00. The maximum absolute atomic E-state index is 4.90. The highest BCUT2D eigenvalue weighted by atomic mass is 32.1. The molecule has 0 bridgehead atoms. The van der Waals surface area contributed by atoms with E-state index in [9.17, 15) is 0 Å². The predicted octanol–water partition coefficient (Wildman–Crippen LogP) is -0.209. The van der Waals surface area contributed by atoms with E-state index in [2.05, 4.69) is 16.0 Å². The Balaban J connectivity index is 2.25. The maximum Gasteiger partial charge on any atom is 0.172 e. The van der Waals surface area contributed by atoms with E-state index >= 15 is 0 Å². The van der Waals surface area contributed by atoms with Crippen LogP contribution in [0.5, 0.6) is 0 Å². The first kappa shape index (κ1) is 5.73. The fourth-order valence-electron chi connectivity index (χ4n) is 1.01. The van der Waals surface area contributed by atoms with E-state index in [1.807, 2.05) is 18.5 Å². The Morgan fingerprint density at radius 3 is 3.30 bits per heavy atom. The molecule has 0 aliphatic carbocycles. The van der Waals surface area contributed by atoms with E-state index < -0.39 is 0 Å². The summed E-state index contributed by atoms with van der Waals surface area (Å²) in [7, 11) is 0. The molecular formula is C6H7N3S. The molecule has 0 fully saturated rings. The SMILES string of the molecule is S=C1NC=C2C=CNC2N1. The van der Waals surface area contributed by atoms with Crippen LogP contribution < -0.4 is 16.0 Å². The molecule has 0 radical (unpaired) electrons. The second kappa shape index (κ2) is 1.98. The minimum Gasteiger partial charge on any atom is -0.368 e. The topological polar surface area (TPSA) is 36.1 Å². The predicted molar refractivity (Wildman–Crippen MR) is 43.0 cm³/mol. The zero-order chi connectivity index (χ0) is 6.97. The van der Waals surface area contributed by atoms with E-state index in [1.165, 1.54) is 5.57 Å². The van der Waals surface area contributed by atoms with Crippen molar-refractivity contribution in [1.82, 2.24) is 16.0 Å². The zero-order valence-electron chi connectivity index (χ0n) is 5.22. The van der Waals surface area contributed by atoms with Gasteiger partial charge in [-0.05, 0) is 24.5 Å². The van der Waals surface area contributed by atoms with Crippen molar-refractivity contribution in [2.45, 2.75) is 6.17 Å². The van der Waals surface area contributed by atoms with Crippen LogP contribution in [0.1, 0.15) is 0 Å². The van der Waals surface area contributed by atoms with Crippen LogP contribution in [-0.4, -0.2) is 11.3 Å². The Bertz CT molecular complexity index is 231. The average Bonchev–Trinajstić information content (AvgIpc) is 2.33. The maximum atomic E-state index is 4.90. The van der Waals surface area contributed by atoms with Gasteiger partial charge in [0, 0.05) is 11.8 Å². The fourth-order valence-corrected chi connectivity index (χ4v) is 1.19. The molecule has 0 aromatic rings. The highest BCUT2D eigenvalue weighted by Gasteiger charge is 2.18. The molecule has 0 saturated heterocycles. The Morgan fingerprint density at radius 2 is 2.40 bits per heavy atom. The van der Waals surface area contributed by atoms with Gasteiger partial charge >= 0.3 is 0 Å². The molecular weight excluding hydrogens is 146 g/mol. The van der Waals surface area contributed by atoms with E-state index in [0.29, 0.717) is 5.11 Å². The molecule has 2 aliphatic rings. The van der Waals surface area contributed by atoms with Crippen LogP contribution in [0.2, 0.25) is 0 Å². The third kappa shape index (κ3) is 0.769. The van der Waals surface area contributed by atoms with Crippen LogP contribution in [0, 0.1) is 0 Å². The van der Waals surface area contributed by atoms with Gasteiger partial charge in [0.2, 0.25) is 0 Å². The first-order chi connectivity index (χ1) is 4.86. The summed E-state index contributed by atoms with van der Waals surface area (Å²) in [5.74, 6) is 0. The van der Waals surface area contributed by atoms with E-state index in [-0.39, 0.29) is 6.17 Å². The molecule has 2 heterocycles. The first-order valence-electron chi connectivity index (χ1n) is 3.06. The highest BCUT2D eigenvalue weighted by Crippen LogP contribution is 2.09. The zero-order valence-corrected chi connectivity index (χ0v) is 6.03. The van der Waals surface area contributed by atoms with Crippen molar-refractivity contribution in [3.05, 3.63) is 24.0 Å². The van der Waals surface area contributed by atoms with Crippen molar-refractivity contribution >= 4 is 17.3 Å². The van der Waals surface area contributed by atoms with Gasteiger partial charge in [-0.1, -0.05) is 0 Å². The van der Waals surface area contributed by atoms with Gasteiger partial charge in [0.25, 0.3) is 0 Å². The Morgan fingerprint density at radius 1 is 1.50 bits per heavy atom. The summed E-state index contributed by atoms with van der Waals surface area (Å²) < 4.78 is 0. The molecule has 3 N–H and O–H groups in total. The van der Waals surface area contributed by atoms with Crippen molar-refractivity contribution in [3.8, 4) is 0 Å². The number of thiocarbonyl (C=S) groups is 1. The van der Waals surface area contributed by atoms with Crippen LogP contribution in [-0.2, 0) is 0 Å². The first-order valence-corrected chi connectivity index (χ1v) is 3.47. The van der Waals surface area contributed by atoms with Crippen LogP contribution in [0.15, 0.2) is 24.0 Å². The monoisotopic (exact) mass is 153 g/mol. The Hall–Kier alpha value is -1.03.